The van der Waals surface area contributed by atoms with Gasteiger partial charge in [-0.25, -0.2) is 0 Å². The van der Waals surface area contributed by atoms with E-state index in [0.717, 1.165) is 36.8 Å². The van der Waals surface area contributed by atoms with E-state index in [4.69, 9.17) is 0 Å². The lowest BCUT2D eigenvalue weighted by Gasteiger charge is -2.32. The Bertz CT molecular complexity index is 897. The Morgan fingerprint density at radius 3 is 2.33 bits per heavy atom. The fourth-order valence-electron chi connectivity index (χ4n) is 5.20. The Balaban J connectivity index is 1.89. The third-order valence-corrected chi connectivity index (χ3v) is 7.40. The van der Waals surface area contributed by atoms with E-state index in [1.807, 2.05) is 25.2 Å². The Kier molecular flexibility index (Phi) is 12.4. The molecular weight excluding hydrogens is 448 g/mol. The van der Waals surface area contributed by atoms with Gasteiger partial charge in [0.1, 0.15) is 6.04 Å². The van der Waals surface area contributed by atoms with Crippen LogP contribution in [0.15, 0.2) is 58.7 Å². The van der Waals surface area contributed by atoms with Crippen molar-refractivity contribution < 1.29 is 14.7 Å². The normalized spacial score (nSPS) is 21.4. The first kappa shape index (κ1) is 29.8. The van der Waals surface area contributed by atoms with Crippen LogP contribution < -0.4 is 10.6 Å². The number of rotatable bonds is 9. The summed E-state index contributed by atoms with van der Waals surface area (Å²) >= 11 is 0. The largest absolute Gasteiger partial charge is 0.394 e. The zero-order valence-electron chi connectivity index (χ0n) is 23.2. The molecular formula is C31H48N2O3. The van der Waals surface area contributed by atoms with Crippen molar-refractivity contribution in [3.8, 4) is 0 Å². The van der Waals surface area contributed by atoms with Gasteiger partial charge in [-0.2, -0.15) is 0 Å². The lowest BCUT2D eigenvalue weighted by molar-refractivity contribution is -0.128. The number of hydrogen-bond donors (Lipinski definition) is 3. The maximum Gasteiger partial charge on any atom is 0.245 e. The minimum absolute atomic E-state index is 0.123. The van der Waals surface area contributed by atoms with Crippen LogP contribution in [0.5, 0.6) is 0 Å². The van der Waals surface area contributed by atoms with E-state index in [1.54, 1.807) is 0 Å². The van der Waals surface area contributed by atoms with E-state index in [9.17, 15) is 14.7 Å². The minimum Gasteiger partial charge on any atom is -0.394 e. The molecule has 2 aliphatic rings. The van der Waals surface area contributed by atoms with Gasteiger partial charge in [0.05, 0.1) is 6.61 Å². The number of allylic oxidation sites excluding steroid dienone is 9. The number of amides is 2. The van der Waals surface area contributed by atoms with Crippen LogP contribution in [0.2, 0.25) is 0 Å². The quantitative estimate of drug-likeness (QED) is 0.262. The van der Waals surface area contributed by atoms with Crippen molar-refractivity contribution >= 4 is 11.8 Å². The molecule has 1 unspecified atom stereocenters. The average Bonchev–Trinajstić information content (AvgIpc) is 2.78. The van der Waals surface area contributed by atoms with Crippen molar-refractivity contribution in [1.29, 1.82) is 0 Å². The second kappa shape index (κ2) is 15.0. The Labute approximate surface area is 218 Å². The molecule has 0 aromatic carbocycles. The molecule has 0 bridgehead atoms. The molecule has 0 radical (unpaired) electrons. The molecule has 3 N–H and O–H groups in total. The monoisotopic (exact) mass is 496 g/mol. The summed E-state index contributed by atoms with van der Waals surface area (Å²) in [6, 6.07) is -0.817. The highest BCUT2D eigenvalue weighted by molar-refractivity contribution is 5.93. The highest BCUT2D eigenvalue weighted by atomic mass is 16.3. The minimum atomic E-state index is -0.940. The smallest absolute Gasteiger partial charge is 0.245 e. The average molecular weight is 497 g/mol. The molecule has 0 saturated heterocycles. The lowest BCUT2D eigenvalue weighted by Crippen LogP contribution is -2.51. The predicted molar refractivity (Wildman–Crippen MR) is 149 cm³/mol. The molecule has 0 spiro atoms. The molecule has 0 aromatic heterocycles. The van der Waals surface area contributed by atoms with Crippen LogP contribution in [-0.2, 0) is 9.59 Å². The van der Waals surface area contributed by atoms with Crippen molar-refractivity contribution in [2.24, 2.45) is 5.41 Å². The second-order valence-corrected chi connectivity index (χ2v) is 11.2. The third kappa shape index (κ3) is 10.3. The van der Waals surface area contributed by atoms with Gasteiger partial charge in [-0.3, -0.25) is 9.59 Å². The van der Waals surface area contributed by atoms with Crippen LogP contribution in [0.1, 0.15) is 98.8 Å². The topological polar surface area (TPSA) is 78.4 Å². The highest BCUT2D eigenvalue weighted by Crippen LogP contribution is 2.40. The second-order valence-electron chi connectivity index (χ2n) is 11.2. The third-order valence-electron chi connectivity index (χ3n) is 7.40. The van der Waals surface area contributed by atoms with Crippen LogP contribution in [0.4, 0.5) is 0 Å². The van der Waals surface area contributed by atoms with Crippen molar-refractivity contribution in [2.75, 3.05) is 6.61 Å². The first-order valence-electron chi connectivity index (χ1n) is 13.8. The summed E-state index contributed by atoms with van der Waals surface area (Å²) in [6.45, 7) is 10.4. The van der Waals surface area contributed by atoms with Gasteiger partial charge in [-0.05, 0) is 69.4 Å². The molecule has 1 atom stereocenters. The van der Waals surface area contributed by atoms with E-state index in [2.05, 4.69) is 50.5 Å². The highest BCUT2D eigenvalue weighted by Gasteiger charge is 2.26. The Morgan fingerprint density at radius 2 is 1.69 bits per heavy atom. The number of hydrogen-bond acceptors (Lipinski definition) is 3. The number of nitrogens with one attached hydrogen (secondary N) is 2. The van der Waals surface area contributed by atoms with Crippen LogP contribution in [0.3, 0.4) is 0 Å². The Morgan fingerprint density at radius 1 is 1.03 bits per heavy atom. The van der Waals surface area contributed by atoms with Gasteiger partial charge in [-0.15, -0.1) is 0 Å². The maximum absolute atomic E-state index is 12.6. The van der Waals surface area contributed by atoms with Crippen LogP contribution in [0.25, 0.3) is 0 Å². The first-order chi connectivity index (χ1) is 17.1. The van der Waals surface area contributed by atoms with Crippen LogP contribution >= 0.6 is 0 Å². The summed E-state index contributed by atoms with van der Waals surface area (Å²) in [6.07, 6.45) is 23.1. The predicted octanol–water partition coefficient (Wildman–Crippen LogP) is 6.22. The van der Waals surface area contributed by atoms with Gasteiger partial charge >= 0.3 is 0 Å². The zero-order valence-corrected chi connectivity index (χ0v) is 23.2. The number of aliphatic hydroxyl groups excluding tert-OH is 1. The molecule has 1 saturated carbocycles. The van der Waals surface area contributed by atoms with Gasteiger partial charge in [0.2, 0.25) is 11.8 Å². The first-order valence-corrected chi connectivity index (χ1v) is 13.8. The summed E-state index contributed by atoms with van der Waals surface area (Å²) in [5, 5.41) is 15.3. The van der Waals surface area contributed by atoms with Crippen molar-refractivity contribution in [2.45, 2.75) is 111 Å². The van der Waals surface area contributed by atoms with E-state index < -0.39 is 12.6 Å². The fourth-order valence-corrected chi connectivity index (χ4v) is 5.20. The summed E-state index contributed by atoms with van der Waals surface area (Å²) in [4.78, 5) is 25.0. The molecule has 0 aromatic rings. The van der Waals surface area contributed by atoms with E-state index in [1.165, 1.54) is 55.7 Å². The molecule has 36 heavy (non-hydrogen) atoms. The van der Waals surface area contributed by atoms with Crippen molar-refractivity contribution in [1.82, 2.24) is 10.6 Å². The van der Waals surface area contributed by atoms with E-state index in [0.29, 0.717) is 0 Å². The van der Waals surface area contributed by atoms with Crippen LogP contribution in [-0.4, -0.2) is 35.6 Å². The molecule has 0 aliphatic heterocycles. The van der Waals surface area contributed by atoms with Gasteiger partial charge in [-0.1, -0.05) is 87.5 Å². The number of aliphatic hydroxyl groups is 1. The zero-order chi connectivity index (χ0) is 26.6. The number of carbonyl (C=O) groups is 2. The fraction of sp³-hybridized carbons (Fsp3) is 0.613. The molecule has 2 amide bonds. The van der Waals surface area contributed by atoms with Gasteiger partial charge in [0.15, 0.2) is 0 Å². The van der Waals surface area contributed by atoms with Crippen molar-refractivity contribution in [3.63, 3.8) is 0 Å². The summed E-state index contributed by atoms with van der Waals surface area (Å²) in [5.41, 5.74) is 5.05. The summed E-state index contributed by atoms with van der Waals surface area (Å²) in [7, 11) is 0. The van der Waals surface area contributed by atoms with E-state index >= 15 is 0 Å². The molecule has 2 aliphatic carbocycles. The molecule has 5 heteroatoms. The summed E-state index contributed by atoms with van der Waals surface area (Å²) < 4.78 is 0. The van der Waals surface area contributed by atoms with Crippen LogP contribution in [0, 0.1) is 5.41 Å². The van der Waals surface area contributed by atoms with Gasteiger partial charge in [0.25, 0.3) is 0 Å². The standard InChI is InChI=1S/C31H48N2O3/c1-23(18-19-27-25(3)15-12-20-31(27,4)5)13-11-14-24(2)21-29(35)33-28(22-34)30(36)32-26-16-9-7-6-8-10-17-26/h11,13-14,18-19,21,26,28,34H,6-10,12,15-17,20,22H2,1-5H3,(H,32,36)(H,33,35). The van der Waals surface area contributed by atoms with Gasteiger partial charge < -0.3 is 15.7 Å². The van der Waals surface area contributed by atoms with Crippen molar-refractivity contribution in [3.05, 3.63) is 58.7 Å². The molecule has 5 nitrogen and oxygen atoms in total. The molecule has 200 valence electrons. The number of carbonyl (C=O) groups excluding carboxylic acids is 2. The molecule has 0 heterocycles. The molecule has 1 fully saturated rings. The lowest BCUT2D eigenvalue weighted by atomic mass is 9.72. The molecule has 2 rings (SSSR count). The SMILES string of the molecule is CC(C=CC1=C(C)CCCC1(C)C)=CC=CC(C)=CC(=O)NC(CO)C(=O)NC1CCCCCCC1. The van der Waals surface area contributed by atoms with Gasteiger partial charge in [0, 0.05) is 12.1 Å². The summed E-state index contributed by atoms with van der Waals surface area (Å²) in [5.74, 6) is -0.693. The Hall–Kier alpha value is -2.40. The maximum atomic E-state index is 12.6. The van der Waals surface area contributed by atoms with E-state index in [-0.39, 0.29) is 23.3 Å².